The topological polar surface area (TPSA) is 54.4 Å². The van der Waals surface area contributed by atoms with Gasteiger partial charge in [-0.2, -0.15) is 0 Å². The Morgan fingerprint density at radius 3 is 1.52 bits per heavy atom. The number of carbonyl (C=O) groups excluding carboxylic acids is 2. The Bertz CT molecular complexity index is 490. The molecule has 1 N–H and O–H groups in total. The van der Waals surface area contributed by atoms with Crippen LogP contribution in [-0.4, -0.2) is 16.7 Å². The number of Topliss-reactive ketones (excluding diaryl/α,β-unsaturated/α-hetero) is 2. The van der Waals surface area contributed by atoms with Crippen molar-refractivity contribution in [3.05, 3.63) is 29.3 Å². The highest BCUT2D eigenvalue weighted by molar-refractivity contribution is 6.05. The Balaban J connectivity index is 2.56. The lowest BCUT2D eigenvalue weighted by molar-refractivity contribution is 0.0974. The largest absolute Gasteiger partial charge is 0.506 e. The third-order valence-electron chi connectivity index (χ3n) is 4.65. The fraction of sp³-hybridized carbons (Fsp3) is 0.636. The van der Waals surface area contributed by atoms with Crippen molar-refractivity contribution in [1.82, 2.24) is 0 Å². The van der Waals surface area contributed by atoms with Gasteiger partial charge in [0.2, 0.25) is 0 Å². The molecule has 1 aromatic rings. The molecule has 1 rings (SSSR count). The Labute approximate surface area is 152 Å². The molecule has 140 valence electrons. The standard InChI is InChI=1S/C22H34O3/c1-3-5-7-9-11-16-20(23)18-14-13-15-19(22(18)25)21(24)17-12-10-8-6-4-2/h13-15,25H,3-12,16-17H2,1-2H3. The molecular weight excluding hydrogens is 312 g/mol. The average molecular weight is 347 g/mol. The van der Waals surface area contributed by atoms with Crippen LogP contribution in [0.25, 0.3) is 0 Å². The predicted molar refractivity (Wildman–Crippen MR) is 104 cm³/mol. The van der Waals surface area contributed by atoms with Crippen molar-refractivity contribution in [1.29, 1.82) is 0 Å². The number of phenolic OH excluding ortho intramolecular Hbond substituents is 1. The average Bonchev–Trinajstić information content (AvgIpc) is 2.61. The van der Waals surface area contributed by atoms with Crippen LogP contribution in [0.2, 0.25) is 0 Å². The van der Waals surface area contributed by atoms with E-state index in [0.29, 0.717) is 24.0 Å². The second kappa shape index (κ2) is 12.7. The number of para-hydroxylation sites is 1. The lowest BCUT2D eigenvalue weighted by atomic mass is 9.97. The van der Waals surface area contributed by atoms with Crippen LogP contribution in [0, 0.1) is 0 Å². The quantitative estimate of drug-likeness (QED) is 0.310. The Morgan fingerprint density at radius 2 is 1.12 bits per heavy atom. The highest BCUT2D eigenvalue weighted by atomic mass is 16.3. The normalized spacial score (nSPS) is 10.8. The molecule has 0 aliphatic carbocycles. The minimum atomic E-state index is -0.125. The van der Waals surface area contributed by atoms with Crippen molar-refractivity contribution < 1.29 is 14.7 Å². The molecule has 0 atom stereocenters. The Hall–Kier alpha value is -1.64. The first-order chi connectivity index (χ1) is 12.1. The molecule has 0 aliphatic heterocycles. The van der Waals surface area contributed by atoms with Gasteiger partial charge in [0.05, 0.1) is 11.1 Å². The summed E-state index contributed by atoms with van der Waals surface area (Å²) < 4.78 is 0. The number of rotatable bonds is 14. The molecule has 0 aromatic heterocycles. The number of phenols is 1. The SMILES string of the molecule is CCCCCCCC(=O)c1cccc(C(=O)CCCCCCC)c1O. The number of unbranched alkanes of at least 4 members (excludes halogenated alkanes) is 8. The van der Waals surface area contributed by atoms with Crippen molar-refractivity contribution in [2.24, 2.45) is 0 Å². The van der Waals surface area contributed by atoms with Gasteiger partial charge >= 0.3 is 0 Å². The fourth-order valence-corrected chi connectivity index (χ4v) is 3.04. The van der Waals surface area contributed by atoms with E-state index in [1.54, 1.807) is 18.2 Å². The number of hydrogen-bond acceptors (Lipinski definition) is 3. The summed E-state index contributed by atoms with van der Waals surface area (Å²) in [5.41, 5.74) is 0.597. The molecule has 3 heteroatoms. The van der Waals surface area contributed by atoms with E-state index < -0.39 is 0 Å². The molecule has 0 amide bonds. The van der Waals surface area contributed by atoms with E-state index in [9.17, 15) is 14.7 Å². The second-order valence-corrected chi connectivity index (χ2v) is 6.88. The third kappa shape index (κ3) is 7.85. The zero-order chi connectivity index (χ0) is 18.5. The van der Waals surface area contributed by atoms with Gasteiger partial charge in [-0.1, -0.05) is 71.3 Å². The summed E-state index contributed by atoms with van der Waals surface area (Å²) in [6, 6.07) is 4.96. The molecule has 0 radical (unpaired) electrons. The maximum absolute atomic E-state index is 12.3. The summed E-state index contributed by atoms with van der Waals surface area (Å²) in [6.07, 6.45) is 11.7. The summed E-state index contributed by atoms with van der Waals surface area (Å²) >= 11 is 0. The number of ketones is 2. The first-order valence-corrected chi connectivity index (χ1v) is 10.00. The summed E-state index contributed by atoms with van der Waals surface area (Å²) in [7, 11) is 0. The van der Waals surface area contributed by atoms with Crippen molar-refractivity contribution >= 4 is 11.6 Å². The highest BCUT2D eigenvalue weighted by Crippen LogP contribution is 2.26. The molecular formula is C22H34O3. The van der Waals surface area contributed by atoms with Gasteiger partial charge in [-0.05, 0) is 25.0 Å². The van der Waals surface area contributed by atoms with Crippen LogP contribution in [0.1, 0.15) is 112 Å². The lowest BCUT2D eigenvalue weighted by Gasteiger charge is -2.09. The maximum Gasteiger partial charge on any atom is 0.166 e. The zero-order valence-electron chi connectivity index (χ0n) is 16.0. The van der Waals surface area contributed by atoms with Crippen molar-refractivity contribution in [2.45, 2.75) is 90.9 Å². The van der Waals surface area contributed by atoms with Crippen LogP contribution in [0.3, 0.4) is 0 Å². The van der Waals surface area contributed by atoms with Gasteiger partial charge in [0.15, 0.2) is 11.6 Å². The molecule has 1 aromatic carbocycles. The molecule has 3 nitrogen and oxygen atoms in total. The van der Waals surface area contributed by atoms with Crippen molar-refractivity contribution in [2.75, 3.05) is 0 Å². The summed E-state index contributed by atoms with van der Waals surface area (Å²) in [5.74, 6) is -0.252. The number of benzene rings is 1. The fourth-order valence-electron chi connectivity index (χ4n) is 3.04. The summed E-state index contributed by atoms with van der Waals surface area (Å²) in [4.78, 5) is 24.7. The van der Waals surface area contributed by atoms with Crippen LogP contribution < -0.4 is 0 Å². The molecule has 0 unspecified atom stereocenters. The molecule has 0 bridgehead atoms. The van der Waals surface area contributed by atoms with E-state index in [4.69, 9.17) is 0 Å². The minimum absolute atomic E-state index is 0.0633. The summed E-state index contributed by atoms with van der Waals surface area (Å²) in [5, 5.41) is 10.4. The lowest BCUT2D eigenvalue weighted by Crippen LogP contribution is -2.05. The van der Waals surface area contributed by atoms with Gasteiger partial charge in [0.1, 0.15) is 5.75 Å². The highest BCUT2D eigenvalue weighted by Gasteiger charge is 2.17. The smallest absolute Gasteiger partial charge is 0.166 e. The number of carbonyl (C=O) groups is 2. The van der Waals surface area contributed by atoms with Crippen LogP contribution in [-0.2, 0) is 0 Å². The van der Waals surface area contributed by atoms with Crippen LogP contribution in [0.15, 0.2) is 18.2 Å². The van der Waals surface area contributed by atoms with Gasteiger partial charge < -0.3 is 5.11 Å². The van der Waals surface area contributed by atoms with Gasteiger partial charge in [-0.15, -0.1) is 0 Å². The molecule has 0 fully saturated rings. The first kappa shape index (κ1) is 21.4. The molecule has 0 spiro atoms. The summed E-state index contributed by atoms with van der Waals surface area (Å²) in [6.45, 7) is 4.32. The maximum atomic E-state index is 12.3. The van der Waals surface area contributed by atoms with Crippen LogP contribution in [0.4, 0.5) is 0 Å². The van der Waals surface area contributed by atoms with Crippen LogP contribution >= 0.6 is 0 Å². The zero-order valence-corrected chi connectivity index (χ0v) is 16.0. The van der Waals surface area contributed by atoms with Gasteiger partial charge in [-0.25, -0.2) is 0 Å². The molecule has 0 saturated carbocycles. The predicted octanol–water partition coefficient (Wildman–Crippen LogP) is 6.48. The van der Waals surface area contributed by atoms with E-state index in [-0.39, 0.29) is 17.3 Å². The monoisotopic (exact) mass is 346 g/mol. The minimum Gasteiger partial charge on any atom is -0.506 e. The van der Waals surface area contributed by atoms with E-state index in [0.717, 1.165) is 38.5 Å². The van der Waals surface area contributed by atoms with E-state index >= 15 is 0 Å². The van der Waals surface area contributed by atoms with Crippen molar-refractivity contribution in [3.8, 4) is 5.75 Å². The molecule has 0 aliphatic rings. The van der Waals surface area contributed by atoms with Gasteiger partial charge in [0.25, 0.3) is 0 Å². The third-order valence-corrected chi connectivity index (χ3v) is 4.65. The molecule has 0 heterocycles. The Morgan fingerprint density at radius 1 is 0.720 bits per heavy atom. The van der Waals surface area contributed by atoms with Gasteiger partial charge in [-0.3, -0.25) is 9.59 Å². The molecule has 25 heavy (non-hydrogen) atoms. The van der Waals surface area contributed by atoms with Crippen LogP contribution in [0.5, 0.6) is 5.75 Å². The first-order valence-electron chi connectivity index (χ1n) is 10.00. The second-order valence-electron chi connectivity index (χ2n) is 6.88. The Kier molecular flexibility index (Phi) is 10.9. The van der Waals surface area contributed by atoms with E-state index in [1.807, 2.05) is 0 Å². The van der Waals surface area contributed by atoms with E-state index in [1.165, 1.54) is 25.7 Å². The van der Waals surface area contributed by atoms with E-state index in [2.05, 4.69) is 13.8 Å². The van der Waals surface area contributed by atoms with Gasteiger partial charge in [0, 0.05) is 12.8 Å². The molecule has 0 saturated heterocycles. The number of aromatic hydroxyl groups is 1. The van der Waals surface area contributed by atoms with Crippen molar-refractivity contribution in [3.63, 3.8) is 0 Å². The number of hydrogen-bond donors (Lipinski definition) is 1.